The van der Waals surface area contributed by atoms with Crippen LogP contribution in [0, 0.1) is 0 Å². The molecule has 0 aliphatic heterocycles. The molecule has 1 aromatic heterocycles. The Bertz CT molecular complexity index is 258. The van der Waals surface area contributed by atoms with Crippen molar-refractivity contribution >= 4 is 24.0 Å². The fourth-order valence-electron chi connectivity index (χ4n) is 1.18. The molecule has 0 spiro atoms. The van der Waals surface area contributed by atoms with Crippen LogP contribution in [0.4, 0.5) is 0 Å². The van der Waals surface area contributed by atoms with Crippen molar-refractivity contribution in [3.63, 3.8) is 0 Å². The molecule has 0 radical (unpaired) electrons. The molecule has 1 aliphatic carbocycles. The highest BCUT2D eigenvalue weighted by atomic mass is 35.5. The van der Waals surface area contributed by atoms with Gasteiger partial charge in [0.1, 0.15) is 0 Å². The molecule has 0 N–H and O–H groups in total. The summed E-state index contributed by atoms with van der Waals surface area (Å²) < 4.78 is 0. The van der Waals surface area contributed by atoms with Crippen molar-refractivity contribution in [2.45, 2.75) is 24.6 Å². The van der Waals surface area contributed by atoms with Gasteiger partial charge in [0, 0.05) is 11.6 Å². The normalized spacial score (nSPS) is 15.4. The number of alkyl halides is 1. The molecule has 0 bridgehead atoms. The van der Waals surface area contributed by atoms with Crippen LogP contribution in [0.5, 0.6) is 0 Å². The molecule has 1 aromatic rings. The summed E-state index contributed by atoms with van der Waals surface area (Å²) in [6, 6.07) is 6.10. The lowest BCUT2D eigenvalue weighted by atomic mass is 10.2. The summed E-state index contributed by atoms with van der Waals surface area (Å²) in [6.45, 7) is 0. The van der Waals surface area contributed by atoms with E-state index in [1.807, 2.05) is 12.1 Å². The average Bonchev–Trinajstić information content (AvgIpc) is 2.87. The molecule has 1 heterocycles. The van der Waals surface area contributed by atoms with Crippen LogP contribution in [-0.2, 0) is 5.88 Å². The maximum absolute atomic E-state index is 5.66. The second-order valence-corrected chi connectivity index (χ2v) is 3.23. The third-order valence-corrected chi connectivity index (χ3v) is 2.23. The predicted molar refractivity (Wildman–Crippen MR) is 53.0 cm³/mol. The monoisotopic (exact) mass is 203 g/mol. The van der Waals surface area contributed by atoms with E-state index in [0.717, 1.165) is 11.6 Å². The lowest BCUT2D eigenvalue weighted by molar-refractivity contribution is 0.987. The third kappa shape index (κ3) is 2.11. The maximum Gasteiger partial charge on any atom is 0.0647 e. The van der Waals surface area contributed by atoms with Crippen molar-refractivity contribution in [3.05, 3.63) is 29.6 Å². The van der Waals surface area contributed by atoms with E-state index in [1.54, 1.807) is 0 Å². The minimum atomic E-state index is 0. The summed E-state index contributed by atoms with van der Waals surface area (Å²) in [7, 11) is 0. The third-order valence-electron chi connectivity index (χ3n) is 1.96. The molecule has 0 aromatic carbocycles. The first kappa shape index (κ1) is 9.82. The van der Waals surface area contributed by atoms with Crippen molar-refractivity contribution < 1.29 is 0 Å². The Morgan fingerprint density at radius 2 is 2.17 bits per heavy atom. The van der Waals surface area contributed by atoms with Gasteiger partial charge in [-0.3, -0.25) is 4.98 Å². The lowest BCUT2D eigenvalue weighted by Crippen LogP contribution is -1.90. The number of pyridine rings is 1. The van der Waals surface area contributed by atoms with Crippen LogP contribution in [0.25, 0.3) is 0 Å². The largest absolute Gasteiger partial charge is 0.256 e. The van der Waals surface area contributed by atoms with Crippen LogP contribution in [-0.4, -0.2) is 4.98 Å². The fourth-order valence-corrected chi connectivity index (χ4v) is 1.33. The molecule has 0 saturated heterocycles. The number of aromatic nitrogens is 1. The second-order valence-electron chi connectivity index (χ2n) is 2.96. The van der Waals surface area contributed by atoms with Crippen molar-refractivity contribution in [2.75, 3.05) is 0 Å². The van der Waals surface area contributed by atoms with Gasteiger partial charge in [-0.25, -0.2) is 0 Å². The summed E-state index contributed by atoms with van der Waals surface area (Å²) in [5.74, 6) is 1.26. The lowest BCUT2D eigenvalue weighted by Gasteiger charge is -1.98. The van der Waals surface area contributed by atoms with E-state index < -0.39 is 0 Å². The molecule has 0 unspecified atom stereocenters. The summed E-state index contributed by atoms with van der Waals surface area (Å²) in [4.78, 5) is 4.42. The molecule has 1 nitrogen and oxygen atoms in total. The van der Waals surface area contributed by atoms with Crippen molar-refractivity contribution in [3.8, 4) is 0 Å². The molecule has 0 amide bonds. The molecule has 66 valence electrons. The first-order valence-electron chi connectivity index (χ1n) is 3.92. The molecule has 12 heavy (non-hydrogen) atoms. The summed E-state index contributed by atoms with van der Waals surface area (Å²) in [6.07, 6.45) is 2.61. The van der Waals surface area contributed by atoms with E-state index in [0.29, 0.717) is 5.88 Å². The van der Waals surface area contributed by atoms with E-state index >= 15 is 0 Å². The van der Waals surface area contributed by atoms with Gasteiger partial charge in [-0.2, -0.15) is 0 Å². The molecule has 1 fully saturated rings. The zero-order valence-electron chi connectivity index (χ0n) is 6.66. The summed E-state index contributed by atoms with van der Waals surface area (Å²) in [5.41, 5.74) is 2.22. The fraction of sp³-hybridized carbons (Fsp3) is 0.444. The van der Waals surface area contributed by atoms with Crippen LogP contribution in [0.15, 0.2) is 18.2 Å². The van der Waals surface area contributed by atoms with Gasteiger partial charge >= 0.3 is 0 Å². The number of hydrogen-bond acceptors (Lipinski definition) is 1. The van der Waals surface area contributed by atoms with Gasteiger partial charge in [0.15, 0.2) is 0 Å². The van der Waals surface area contributed by atoms with E-state index in [-0.39, 0.29) is 12.4 Å². The van der Waals surface area contributed by atoms with Gasteiger partial charge in [-0.05, 0) is 25.0 Å². The number of nitrogens with zero attached hydrogens (tertiary/aromatic N) is 1. The van der Waals surface area contributed by atoms with Crippen LogP contribution in [0.3, 0.4) is 0 Å². The van der Waals surface area contributed by atoms with Gasteiger partial charge in [0.25, 0.3) is 0 Å². The Balaban J connectivity index is 0.000000720. The zero-order chi connectivity index (χ0) is 7.68. The standard InChI is InChI=1S/C9H10ClN.ClH/c10-6-8-2-1-3-9(11-8)7-4-5-7;/h1-3,7H,4-6H2;1H. The zero-order valence-corrected chi connectivity index (χ0v) is 8.24. The molecular weight excluding hydrogens is 193 g/mol. The Hall–Kier alpha value is -0.270. The van der Waals surface area contributed by atoms with Gasteiger partial charge in [0.05, 0.1) is 11.6 Å². The minimum absolute atomic E-state index is 0. The van der Waals surface area contributed by atoms with E-state index in [4.69, 9.17) is 11.6 Å². The SMILES string of the molecule is Cl.ClCc1cccc(C2CC2)n1. The van der Waals surface area contributed by atoms with Gasteiger partial charge in [-0.15, -0.1) is 24.0 Å². The van der Waals surface area contributed by atoms with Crippen molar-refractivity contribution in [1.29, 1.82) is 0 Å². The molecule has 0 atom stereocenters. The van der Waals surface area contributed by atoms with Crippen LogP contribution in [0.1, 0.15) is 30.1 Å². The van der Waals surface area contributed by atoms with Crippen LogP contribution >= 0.6 is 24.0 Å². The quantitative estimate of drug-likeness (QED) is 0.674. The summed E-state index contributed by atoms with van der Waals surface area (Å²) >= 11 is 5.66. The molecule has 3 heteroatoms. The average molecular weight is 204 g/mol. The Kier molecular flexibility index (Phi) is 3.36. The Morgan fingerprint density at radius 3 is 2.75 bits per heavy atom. The smallest absolute Gasteiger partial charge is 0.0647 e. The van der Waals surface area contributed by atoms with Crippen molar-refractivity contribution in [2.24, 2.45) is 0 Å². The highest BCUT2D eigenvalue weighted by Gasteiger charge is 2.24. The number of hydrogen-bond donors (Lipinski definition) is 0. The maximum atomic E-state index is 5.66. The highest BCUT2D eigenvalue weighted by Crippen LogP contribution is 2.38. The predicted octanol–water partition coefficient (Wildman–Crippen LogP) is 3.12. The molecule has 1 aliphatic rings. The van der Waals surface area contributed by atoms with E-state index in [1.165, 1.54) is 18.5 Å². The highest BCUT2D eigenvalue weighted by molar-refractivity contribution is 6.16. The Labute approximate surface area is 83.6 Å². The van der Waals surface area contributed by atoms with E-state index in [9.17, 15) is 0 Å². The van der Waals surface area contributed by atoms with Crippen LogP contribution < -0.4 is 0 Å². The number of rotatable bonds is 2. The topological polar surface area (TPSA) is 12.9 Å². The minimum Gasteiger partial charge on any atom is -0.256 e. The van der Waals surface area contributed by atoms with Gasteiger partial charge in [-0.1, -0.05) is 6.07 Å². The number of halogens is 2. The molecule has 2 rings (SSSR count). The van der Waals surface area contributed by atoms with Gasteiger partial charge in [0.2, 0.25) is 0 Å². The van der Waals surface area contributed by atoms with Crippen molar-refractivity contribution in [1.82, 2.24) is 4.98 Å². The molecular formula is C9H11Cl2N. The first-order chi connectivity index (χ1) is 5.40. The Morgan fingerprint density at radius 1 is 1.42 bits per heavy atom. The van der Waals surface area contributed by atoms with E-state index in [2.05, 4.69) is 11.1 Å². The first-order valence-corrected chi connectivity index (χ1v) is 4.45. The summed E-state index contributed by atoms with van der Waals surface area (Å²) in [5, 5.41) is 0. The van der Waals surface area contributed by atoms with Crippen LogP contribution in [0.2, 0.25) is 0 Å². The van der Waals surface area contributed by atoms with Gasteiger partial charge < -0.3 is 0 Å². The molecule has 1 saturated carbocycles. The second kappa shape index (κ2) is 4.11.